The van der Waals surface area contributed by atoms with Gasteiger partial charge >= 0.3 is 0 Å². The van der Waals surface area contributed by atoms with Gasteiger partial charge < -0.3 is 19.3 Å². The molecule has 120 valence electrons. The van der Waals surface area contributed by atoms with Crippen LogP contribution in [0.15, 0.2) is 30.0 Å². The van der Waals surface area contributed by atoms with Gasteiger partial charge in [-0.1, -0.05) is 12.1 Å². The molecular weight excluding hydrogens is 292 g/mol. The standard InChI is InChI=1S/C17H20N4O2/c1-20-13-7-3-2-6-12(13)19-17(20)15-14(22)10-21(16(15)18)9-11-5-4-8-23-11/h2-3,6-7,11,18,22H,4-5,8-10H2,1H3. The van der Waals surface area contributed by atoms with Crippen LogP contribution in [0, 0.1) is 5.41 Å². The van der Waals surface area contributed by atoms with E-state index in [1.165, 1.54) is 0 Å². The van der Waals surface area contributed by atoms with Gasteiger partial charge in [0.15, 0.2) is 0 Å². The van der Waals surface area contributed by atoms with Gasteiger partial charge in [-0.15, -0.1) is 0 Å². The summed E-state index contributed by atoms with van der Waals surface area (Å²) in [5, 5.41) is 18.9. The van der Waals surface area contributed by atoms with Gasteiger partial charge in [-0.3, -0.25) is 5.41 Å². The zero-order valence-corrected chi connectivity index (χ0v) is 13.1. The Bertz CT molecular complexity index is 802. The molecule has 1 unspecified atom stereocenters. The van der Waals surface area contributed by atoms with Gasteiger partial charge in [0.25, 0.3) is 0 Å². The van der Waals surface area contributed by atoms with E-state index in [-0.39, 0.29) is 11.9 Å². The van der Waals surface area contributed by atoms with Crippen molar-refractivity contribution in [2.45, 2.75) is 18.9 Å². The van der Waals surface area contributed by atoms with Crippen LogP contribution in [-0.2, 0) is 11.8 Å². The Labute approximate surface area is 134 Å². The van der Waals surface area contributed by atoms with Gasteiger partial charge in [-0.05, 0) is 25.0 Å². The number of para-hydroxylation sites is 2. The maximum atomic E-state index is 10.4. The van der Waals surface area contributed by atoms with Crippen LogP contribution in [0.5, 0.6) is 0 Å². The molecule has 1 saturated heterocycles. The number of ether oxygens (including phenoxy) is 1. The van der Waals surface area contributed by atoms with Crippen molar-refractivity contribution in [3.05, 3.63) is 35.8 Å². The fourth-order valence-corrected chi connectivity index (χ4v) is 3.43. The fourth-order valence-electron chi connectivity index (χ4n) is 3.43. The highest BCUT2D eigenvalue weighted by molar-refractivity contribution is 6.23. The van der Waals surface area contributed by atoms with Crippen LogP contribution in [0.4, 0.5) is 0 Å². The van der Waals surface area contributed by atoms with Crippen LogP contribution in [0.3, 0.4) is 0 Å². The number of aryl methyl sites for hydroxylation is 1. The molecule has 4 rings (SSSR count). The highest BCUT2D eigenvalue weighted by Crippen LogP contribution is 2.29. The number of aliphatic hydroxyl groups is 1. The number of nitrogens with zero attached hydrogens (tertiary/aromatic N) is 3. The molecule has 1 aromatic heterocycles. The molecule has 1 fully saturated rings. The minimum atomic E-state index is 0.156. The zero-order chi connectivity index (χ0) is 16.0. The van der Waals surface area contributed by atoms with Crippen LogP contribution in [0.1, 0.15) is 18.7 Å². The van der Waals surface area contributed by atoms with Crippen LogP contribution in [0.2, 0.25) is 0 Å². The number of nitrogens with one attached hydrogen (secondary N) is 1. The van der Waals surface area contributed by atoms with Gasteiger partial charge in [0.1, 0.15) is 17.4 Å². The number of imidazole rings is 1. The lowest BCUT2D eigenvalue weighted by Crippen LogP contribution is -2.34. The molecule has 0 aliphatic carbocycles. The first-order valence-electron chi connectivity index (χ1n) is 7.94. The third kappa shape index (κ3) is 2.30. The number of hydrogen-bond acceptors (Lipinski definition) is 4. The number of aliphatic hydroxyl groups excluding tert-OH is 1. The van der Waals surface area contributed by atoms with Gasteiger partial charge in [0.05, 0.1) is 29.3 Å². The first-order valence-corrected chi connectivity index (χ1v) is 7.94. The summed E-state index contributed by atoms with van der Waals surface area (Å²) in [6.45, 7) is 1.80. The summed E-state index contributed by atoms with van der Waals surface area (Å²) in [4.78, 5) is 6.48. The molecule has 3 heterocycles. The molecule has 0 saturated carbocycles. The Balaban J connectivity index is 1.66. The Morgan fingerprint density at radius 3 is 2.96 bits per heavy atom. The van der Waals surface area contributed by atoms with Crippen molar-refractivity contribution in [1.29, 1.82) is 5.41 Å². The third-order valence-corrected chi connectivity index (χ3v) is 4.64. The molecule has 1 atom stereocenters. The Morgan fingerprint density at radius 1 is 1.39 bits per heavy atom. The van der Waals surface area contributed by atoms with E-state index in [1.807, 2.05) is 40.8 Å². The lowest BCUT2D eigenvalue weighted by molar-refractivity contribution is 0.0924. The fraction of sp³-hybridized carbons (Fsp3) is 0.412. The maximum absolute atomic E-state index is 10.4. The molecule has 2 aliphatic rings. The SMILES string of the molecule is Cn1c(C2=C(O)CN(CC3CCCO3)C2=N)nc2ccccc21. The van der Waals surface area contributed by atoms with Gasteiger partial charge in [-0.2, -0.15) is 0 Å². The molecule has 0 amide bonds. The topological polar surface area (TPSA) is 74.4 Å². The van der Waals surface area contributed by atoms with E-state index < -0.39 is 0 Å². The number of rotatable bonds is 3. The monoisotopic (exact) mass is 312 g/mol. The van der Waals surface area contributed by atoms with Crippen LogP contribution < -0.4 is 0 Å². The summed E-state index contributed by atoms with van der Waals surface area (Å²) in [5.74, 6) is 1.19. The van der Waals surface area contributed by atoms with Crippen LogP contribution in [0.25, 0.3) is 16.6 Å². The van der Waals surface area contributed by atoms with Crippen molar-refractivity contribution in [2.75, 3.05) is 19.7 Å². The van der Waals surface area contributed by atoms with Gasteiger partial charge in [0, 0.05) is 20.2 Å². The van der Waals surface area contributed by atoms with Gasteiger partial charge in [0.2, 0.25) is 0 Å². The molecule has 1 aromatic carbocycles. The number of fused-ring (bicyclic) bond motifs is 1. The molecule has 2 aliphatic heterocycles. The smallest absolute Gasteiger partial charge is 0.148 e. The summed E-state index contributed by atoms with van der Waals surface area (Å²) in [6, 6.07) is 7.84. The Hall–Kier alpha value is -2.34. The van der Waals surface area contributed by atoms with E-state index in [4.69, 9.17) is 10.1 Å². The second-order valence-electron chi connectivity index (χ2n) is 6.17. The predicted octanol–water partition coefficient (Wildman–Crippen LogP) is 2.31. The van der Waals surface area contributed by atoms with Crippen LogP contribution >= 0.6 is 0 Å². The zero-order valence-electron chi connectivity index (χ0n) is 13.1. The van der Waals surface area contributed by atoms with Crippen LogP contribution in [-0.4, -0.2) is 51.2 Å². The van der Waals surface area contributed by atoms with Crippen molar-refractivity contribution in [1.82, 2.24) is 14.5 Å². The van der Waals surface area contributed by atoms with E-state index in [2.05, 4.69) is 4.98 Å². The van der Waals surface area contributed by atoms with E-state index in [1.54, 1.807) is 0 Å². The summed E-state index contributed by atoms with van der Waals surface area (Å²) >= 11 is 0. The third-order valence-electron chi connectivity index (χ3n) is 4.64. The predicted molar refractivity (Wildman–Crippen MR) is 88.5 cm³/mol. The van der Waals surface area contributed by atoms with Crippen molar-refractivity contribution in [3.8, 4) is 0 Å². The summed E-state index contributed by atoms with van der Waals surface area (Å²) in [7, 11) is 1.92. The van der Waals surface area contributed by atoms with E-state index in [0.29, 0.717) is 30.3 Å². The molecular formula is C17H20N4O2. The Morgan fingerprint density at radius 2 is 2.22 bits per heavy atom. The second kappa shape index (κ2) is 5.38. The van der Waals surface area contributed by atoms with Gasteiger partial charge in [-0.25, -0.2) is 4.98 Å². The Kier molecular flexibility index (Phi) is 3.34. The largest absolute Gasteiger partial charge is 0.510 e. The van der Waals surface area contributed by atoms with Crippen molar-refractivity contribution in [3.63, 3.8) is 0 Å². The minimum absolute atomic E-state index is 0.156. The molecule has 6 heteroatoms. The first-order chi connectivity index (χ1) is 11.1. The maximum Gasteiger partial charge on any atom is 0.148 e. The summed E-state index contributed by atoms with van der Waals surface area (Å²) < 4.78 is 7.59. The highest BCUT2D eigenvalue weighted by Gasteiger charge is 2.33. The average Bonchev–Trinajstić information content (AvgIpc) is 3.22. The lowest BCUT2D eigenvalue weighted by atomic mass is 10.2. The molecule has 23 heavy (non-hydrogen) atoms. The average molecular weight is 312 g/mol. The summed E-state index contributed by atoms with van der Waals surface area (Å²) in [5.41, 5.74) is 2.39. The molecule has 0 radical (unpaired) electrons. The van der Waals surface area contributed by atoms with Crippen molar-refractivity contribution < 1.29 is 9.84 Å². The van der Waals surface area contributed by atoms with E-state index >= 15 is 0 Å². The molecule has 2 N–H and O–H groups in total. The normalized spacial score (nSPS) is 21.9. The molecule has 0 bridgehead atoms. The number of aromatic nitrogens is 2. The minimum Gasteiger partial charge on any atom is -0.510 e. The lowest BCUT2D eigenvalue weighted by Gasteiger charge is -2.22. The van der Waals surface area contributed by atoms with Crippen molar-refractivity contribution >= 4 is 22.4 Å². The molecule has 0 spiro atoms. The second-order valence-corrected chi connectivity index (χ2v) is 6.17. The first kappa shape index (κ1) is 14.3. The summed E-state index contributed by atoms with van der Waals surface area (Å²) in [6.07, 6.45) is 2.25. The quantitative estimate of drug-likeness (QED) is 0.912. The van der Waals surface area contributed by atoms with E-state index in [9.17, 15) is 5.11 Å². The highest BCUT2D eigenvalue weighted by atomic mass is 16.5. The molecule has 2 aromatic rings. The number of benzene rings is 1. The van der Waals surface area contributed by atoms with E-state index in [0.717, 1.165) is 30.5 Å². The number of hydrogen-bond donors (Lipinski definition) is 2. The van der Waals surface area contributed by atoms with Crippen molar-refractivity contribution in [2.24, 2.45) is 7.05 Å². The molecule has 6 nitrogen and oxygen atoms in total. The number of amidine groups is 1.